The van der Waals surface area contributed by atoms with Gasteiger partial charge in [0.25, 0.3) is 0 Å². The molecule has 0 unspecified atom stereocenters. The Morgan fingerprint density at radius 1 is 1.11 bits per heavy atom. The van der Waals surface area contributed by atoms with Crippen molar-refractivity contribution in [1.82, 2.24) is 9.97 Å². The van der Waals surface area contributed by atoms with Crippen molar-refractivity contribution in [3.63, 3.8) is 0 Å². The number of halogens is 1. The Morgan fingerprint density at radius 2 is 1.78 bits per heavy atom. The first kappa shape index (κ1) is 12.8. The second kappa shape index (κ2) is 5.36. The van der Waals surface area contributed by atoms with Crippen LogP contribution >= 0.6 is 11.6 Å². The molecule has 94 valence electrons. The monoisotopic (exact) mass is 262 g/mol. The van der Waals surface area contributed by atoms with Crippen molar-refractivity contribution >= 4 is 11.6 Å². The van der Waals surface area contributed by atoms with Gasteiger partial charge in [0.1, 0.15) is 12.0 Å². The van der Waals surface area contributed by atoms with Gasteiger partial charge in [0.05, 0.1) is 7.11 Å². The zero-order valence-electron chi connectivity index (χ0n) is 10.6. The van der Waals surface area contributed by atoms with Crippen LogP contribution in [0, 0.1) is 0 Å². The molecule has 0 spiro atoms. The van der Waals surface area contributed by atoms with Crippen LogP contribution in [0.2, 0.25) is 5.15 Å². The maximum absolute atomic E-state index is 5.99. The lowest BCUT2D eigenvalue weighted by atomic mass is 10.0. The maximum atomic E-state index is 5.99. The Kier molecular flexibility index (Phi) is 3.82. The van der Waals surface area contributed by atoms with Crippen LogP contribution in [-0.2, 0) is 0 Å². The van der Waals surface area contributed by atoms with Crippen LogP contribution in [0.5, 0.6) is 5.75 Å². The lowest BCUT2D eigenvalue weighted by Gasteiger charge is -2.10. The van der Waals surface area contributed by atoms with Gasteiger partial charge in [0.2, 0.25) is 0 Å². The van der Waals surface area contributed by atoms with Crippen molar-refractivity contribution in [1.29, 1.82) is 0 Å². The predicted molar refractivity (Wildman–Crippen MR) is 73.1 cm³/mol. The maximum Gasteiger partial charge on any atom is 0.182 e. The molecule has 1 aromatic heterocycles. The first-order valence-electron chi connectivity index (χ1n) is 5.78. The highest BCUT2D eigenvalue weighted by Gasteiger charge is 2.12. The van der Waals surface area contributed by atoms with Crippen molar-refractivity contribution in [2.75, 3.05) is 7.11 Å². The van der Waals surface area contributed by atoms with Gasteiger partial charge < -0.3 is 4.74 Å². The molecular weight excluding hydrogens is 248 g/mol. The standard InChI is InChI=1S/C14H15ClN2O/c1-9(2)10-4-6-11(7-5-10)12-13(18-3)14(15)17-8-16-12/h4-9H,1-3H3. The van der Waals surface area contributed by atoms with Crippen LogP contribution in [-0.4, -0.2) is 17.1 Å². The molecular formula is C14H15ClN2O. The number of hydrogen-bond donors (Lipinski definition) is 0. The third-order valence-corrected chi connectivity index (χ3v) is 3.08. The fourth-order valence-electron chi connectivity index (χ4n) is 1.76. The Balaban J connectivity index is 2.46. The number of aromatic nitrogens is 2. The van der Waals surface area contributed by atoms with E-state index in [1.807, 2.05) is 12.1 Å². The van der Waals surface area contributed by atoms with Crippen molar-refractivity contribution < 1.29 is 4.74 Å². The molecule has 0 bridgehead atoms. The average molecular weight is 263 g/mol. The van der Waals surface area contributed by atoms with Gasteiger partial charge in [-0.1, -0.05) is 49.7 Å². The van der Waals surface area contributed by atoms with Crippen molar-refractivity contribution in [3.8, 4) is 17.0 Å². The summed E-state index contributed by atoms with van der Waals surface area (Å²) in [6.07, 6.45) is 1.44. The van der Waals surface area contributed by atoms with E-state index in [0.717, 1.165) is 5.56 Å². The summed E-state index contributed by atoms with van der Waals surface area (Å²) in [5, 5.41) is 0.329. The quantitative estimate of drug-likeness (QED) is 0.786. The first-order valence-corrected chi connectivity index (χ1v) is 6.16. The Hall–Kier alpha value is -1.61. The predicted octanol–water partition coefficient (Wildman–Crippen LogP) is 3.93. The highest BCUT2D eigenvalue weighted by molar-refractivity contribution is 6.31. The van der Waals surface area contributed by atoms with Gasteiger partial charge in [-0.3, -0.25) is 0 Å². The van der Waals surface area contributed by atoms with E-state index in [9.17, 15) is 0 Å². The van der Waals surface area contributed by atoms with Crippen LogP contribution in [0.3, 0.4) is 0 Å². The summed E-state index contributed by atoms with van der Waals surface area (Å²) in [5.41, 5.74) is 2.98. The number of benzene rings is 1. The minimum Gasteiger partial charge on any atom is -0.491 e. The van der Waals surface area contributed by atoms with E-state index < -0.39 is 0 Å². The van der Waals surface area contributed by atoms with E-state index in [-0.39, 0.29) is 0 Å². The molecule has 0 atom stereocenters. The number of ether oxygens (including phenoxy) is 1. The Bertz CT molecular complexity index is 538. The SMILES string of the molecule is COc1c(Cl)ncnc1-c1ccc(C(C)C)cc1. The van der Waals surface area contributed by atoms with Gasteiger partial charge in [-0.05, 0) is 11.5 Å². The molecule has 0 amide bonds. The van der Waals surface area contributed by atoms with Gasteiger partial charge in [-0.2, -0.15) is 0 Å². The summed E-state index contributed by atoms with van der Waals surface area (Å²) >= 11 is 5.99. The van der Waals surface area contributed by atoms with Crippen LogP contribution in [0.25, 0.3) is 11.3 Å². The number of rotatable bonds is 3. The summed E-state index contributed by atoms with van der Waals surface area (Å²) in [6.45, 7) is 4.33. The van der Waals surface area contributed by atoms with E-state index >= 15 is 0 Å². The Labute approximate surface area is 112 Å². The molecule has 0 fully saturated rings. The minimum absolute atomic E-state index is 0.329. The summed E-state index contributed by atoms with van der Waals surface area (Å²) < 4.78 is 5.25. The molecule has 0 saturated heterocycles. The lowest BCUT2D eigenvalue weighted by Crippen LogP contribution is -1.95. The third-order valence-electron chi connectivity index (χ3n) is 2.82. The highest BCUT2D eigenvalue weighted by Crippen LogP contribution is 2.32. The van der Waals surface area contributed by atoms with E-state index in [0.29, 0.717) is 22.5 Å². The van der Waals surface area contributed by atoms with Crippen molar-refractivity contribution in [3.05, 3.63) is 41.3 Å². The number of nitrogens with zero attached hydrogens (tertiary/aromatic N) is 2. The average Bonchev–Trinajstić information content (AvgIpc) is 2.38. The van der Waals surface area contributed by atoms with Crippen LogP contribution in [0.15, 0.2) is 30.6 Å². The Morgan fingerprint density at radius 3 is 2.33 bits per heavy atom. The molecule has 0 aliphatic carbocycles. The number of methoxy groups -OCH3 is 1. The summed E-state index contributed by atoms with van der Waals surface area (Å²) in [5.74, 6) is 1.02. The zero-order chi connectivity index (χ0) is 13.1. The highest BCUT2D eigenvalue weighted by atomic mass is 35.5. The summed E-state index contributed by atoms with van der Waals surface area (Å²) in [7, 11) is 1.57. The van der Waals surface area contributed by atoms with Crippen molar-refractivity contribution in [2.45, 2.75) is 19.8 Å². The smallest absolute Gasteiger partial charge is 0.182 e. The molecule has 0 aliphatic heterocycles. The van der Waals surface area contributed by atoms with E-state index in [4.69, 9.17) is 16.3 Å². The molecule has 1 aromatic carbocycles. The van der Waals surface area contributed by atoms with Crippen LogP contribution in [0.1, 0.15) is 25.3 Å². The summed E-state index contributed by atoms with van der Waals surface area (Å²) in [6, 6.07) is 8.23. The van der Waals surface area contributed by atoms with Gasteiger partial charge in [0, 0.05) is 5.56 Å². The lowest BCUT2D eigenvalue weighted by molar-refractivity contribution is 0.413. The molecule has 0 radical (unpaired) electrons. The van der Waals surface area contributed by atoms with Crippen LogP contribution in [0.4, 0.5) is 0 Å². The van der Waals surface area contributed by atoms with Gasteiger partial charge in [-0.15, -0.1) is 0 Å². The van der Waals surface area contributed by atoms with E-state index in [2.05, 4.69) is 35.9 Å². The molecule has 1 heterocycles. The zero-order valence-corrected chi connectivity index (χ0v) is 11.4. The third kappa shape index (κ3) is 2.46. The topological polar surface area (TPSA) is 35.0 Å². The molecule has 0 saturated carbocycles. The summed E-state index contributed by atoms with van der Waals surface area (Å²) in [4.78, 5) is 8.15. The first-order chi connectivity index (χ1) is 8.63. The molecule has 0 aliphatic rings. The van der Waals surface area contributed by atoms with E-state index in [1.165, 1.54) is 11.9 Å². The molecule has 3 nitrogen and oxygen atoms in total. The normalized spacial score (nSPS) is 10.7. The fourth-order valence-corrected chi connectivity index (χ4v) is 1.97. The van der Waals surface area contributed by atoms with Gasteiger partial charge in [-0.25, -0.2) is 9.97 Å². The molecule has 2 rings (SSSR count). The van der Waals surface area contributed by atoms with Crippen molar-refractivity contribution in [2.24, 2.45) is 0 Å². The largest absolute Gasteiger partial charge is 0.491 e. The minimum atomic E-state index is 0.329. The second-order valence-electron chi connectivity index (χ2n) is 4.32. The van der Waals surface area contributed by atoms with Crippen LogP contribution < -0.4 is 4.74 Å². The molecule has 18 heavy (non-hydrogen) atoms. The molecule has 2 aromatic rings. The van der Waals surface area contributed by atoms with Gasteiger partial charge in [0.15, 0.2) is 10.9 Å². The van der Waals surface area contributed by atoms with Gasteiger partial charge >= 0.3 is 0 Å². The number of hydrogen-bond acceptors (Lipinski definition) is 3. The fraction of sp³-hybridized carbons (Fsp3) is 0.286. The van der Waals surface area contributed by atoms with E-state index in [1.54, 1.807) is 7.11 Å². The second-order valence-corrected chi connectivity index (χ2v) is 4.68. The molecule has 0 N–H and O–H groups in total. The molecule has 4 heteroatoms.